The lowest BCUT2D eigenvalue weighted by atomic mass is 10.3. The first-order chi connectivity index (χ1) is 9.49. The van der Waals surface area contributed by atoms with Crippen LogP contribution in [0.1, 0.15) is 12.2 Å². The minimum absolute atomic E-state index is 0.145. The van der Waals surface area contributed by atoms with Crippen LogP contribution in [0.25, 0.3) is 0 Å². The van der Waals surface area contributed by atoms with Crippen molar-refractivity contribution in [2.75, 3.05) is 6.54 Å². The molecule has 1 aromatic heterocycles. The number of nitrogens with one attached hydrogen (secondary N) is 2. The van der Waals surface area contributed by atoms with E-state index < -0.39 is 20.7 Å². The van der Waals surface area contributed by atoms with E-state index in [1.807, 2.05) is 0 Å². The minimum Gasteiger partial charge on any atom is -0.263 e. The summed E-state index contributed by atoms with van der Waals surface area (Å²) in [6, 6.07) is 3.43. The molecule has 0 saturated heterocycles. The lowest BCUT2D eigenvalue weighted by Crippen LogP contribution is -2.26. The maximum Gasteiger partial charge on any atom is 0.243 e. The molecular formula is C11H12ClFN4O2S. The van der Waals surface area contributed by atoms with Gasteiger partial charge in [-0.2, -0.15) is 5.10 Å². The summed E-state index contributed by atoms with van der Waals surface area (Å²) in [6.45, 7) is 0.172. The molecule has 0 radical (unpaired) electrons. The summed E-state index contributed by atoms with van der Waals surface area (Å²) in [5.74, 6) is -0.206. The van der Waals surface area contributed by atoms with Crippen LogP contribution in [-0.4, -0.2) is 30.1 Å². The number of aryl methyl sites for hydroxylation is 1. The van der Waals surface area contributed by atoms with E-state index in [0.29, 0.717) is 18.7 Å². The molecule has 0 fully saturated rings. The Kier molecular flexibility index (Phi) is 4.69. The SMILES string of the molecule is O=S(=O)(NCCCc1ncn[nH]1)c1ccc(Cl)cc1F. The van der Waals surface area contributed by atoms with E-state index in [1.54, 1.807) is 0 Å². The highest BCUT2D eigenvalue weighted by molar-refractivity contribution is 7.89. The van der Waals surface area contributed by atoms with Gasteiger partial charge in [-0.15, -0.1) is 0 Å². The molecule has 9 heteroatoms. The quantitative estimate of drug-likeness (QED) is 0.790. The number of hydrogen-bond acceptors (Lipinski definition) is 4. The highest BCUT2D eigenvalue weighted by Crippen LogP contribution is 2.18. The number of sulfonamides is 1. The Bertz CT molecular complexity index is 676. The van der Waals surface area contributed by atoms with Gasteiger partial charge in [0.15, 0.2) is 0 Å². The fourth-order valence-electron chi connectivity index (χ4n) is 1.58. The molecule has 0 aliphatic carbocycles. The predicted octanol–water partition coefficient (Wildman–Crippen LogP) is 1.51. The van der Waals surface area contributed by atoms with Crippen molar-refractivity contribution in [2.24, 2.45) is 0 Å². The lowest BCUT2D eigenvalue weighted by molar-refractivity contribution is 0.555. The molecule has 0 aliphatic rings. The van der Waals surface area contributed by atoms with Crippen LogP contribution in [0.5, 0.6) is 0 Å². The summed E-state index contributed by atoms with van der Waals surface area (Å²) in [5.41, 5.74) is 0. The van der Waals surface area contributed by atoms with Crippen molar-refractivity contribution >= 4 is 21.6 Å². The zero-order valence-corrected chi connectivity index (χ0v) is 11.9. The number of H-pyrrole nitrogens is 1. The number of rotatable bonds is 6. The number of aromatic nitrogens is 3. The second-order valence-corrected chi connectivity index (χ2v) is 6.18. The van der Waals surface area contributed by atoms with Crippen molar-refractivity contribution in [3.63, 3.8) is 0 Å². The minimum atomic E-state index is -3.88. The van der Waals surface area contributed by atoms with E-state index in [-0.39, 0.29) is 11.6 Å². The van der Waals surface area contributed by atoms with Gasteiger partial charge in [0.2, 0.25) is 10.0 Å². The molecule has 0 atom stereocenters. The zero-order valence-electron chi connectivity index (χ0n) is 10.3. The van der Waals surface area contributed by atoms with Gasteiger partial charge in [0.1, 0.15) is 22.9 Å². The molecule has 108 valence electrons. The van der Waals surface area contributed by atoms with Crippen molar-refractivity contribution in [3.05, 3.63) is 41.2 Å². The number of nitrogens with zero attached hydrogens (tertiary/aromatic N) is 2. The number of aromatic amines is 1. The molecule has 0 saturated carbocycles. The third-order valence-corrected chi connectivity index (χ3v) is 4.26. The van der Waals surface area contributed by atoms with Crippen LogP contribution in [0, 0.1) is 5.82 Å². The molecule has 0 amide bonds. The van der Waals surface area contributed by atoms with Gasteiger partial charge in [0.05, 0.1) is 0 Å². The predicted molar refractivity (Wildman–Crippen MR) is 71.3 cm³/mol. The Morgan fingerprint density at radius 3 is 2.85 bits per heavy atom. The Labute approximate surface area is 120 Å². The Balaban J connectivity index is 1.93. The molecule has 2 aromatic rings. The van der Waals surface area contributed by atoms with Crippen LogP contribution in [-0.2, 0) is 16.4 Å². The Morgan fingerprint density at radius 1 is 1.40 bits per heavy atom. The molecule has 0 spiro atoms. The van der Waals surface area contributed by atoms with Crippen LogP contribution < -0.4 is 4.72 Å². The molecule has 0 aliphatic heterocycles. The number of hydrogen-bond donors (Lipinski definition) is 2. The summed E-state index contributed by atoms with van der Waals surface area (Å²) < 4.78 is 39.7. The van der Waals surface area contributed by atoms with Gasteiger partial charge in [0.25, 0.3) is 0 Å². The van der Waals surface area contributed by atoms with Crippen molar-refractivity contribution in [1.82, 2.24) is 19.9 Å². The van der Waals surface area contributed by atoms with Gasteiger partial charge in [-0.25, -0.2) is 22.5 Å². The van der Waals surface area contributed by atoms with E-state index >= 15 is 0 Å². The molecule has 6 nitrogen and oxygen atoms in total. The molecule has 1 heterocycles. The van der Waals surface area contributed by atoms with Crippen molar-refractivity contribution < 1.29 is 12.8 Å². The van der Waals surface area contributed by atoms with E-state index in [1.165, 1.54) is 12.4 Å². The summed E-state index contributed by atoms with van der Waals surface area (Å²) >= 11 is 5.58. The van der Waals surface area contributed by atoms with Gasteiger partial charge in [-0.1, -0.05) is 11.6 Å². The van der Waals surface area contributed by atoms with Gasteiger partial charge >= 0.3 is 0 Å². The third-order valence-electron chi connectivity index (χ3n) is 2.53. The summed E-state index contributed by atoms with van der Waals surface area (Å²) in [6.07, 6.45) is 2.44. The summed E-state index contributed by atoms with van der Waals surface area (Å²) in [4.78, 5) is 3.50. The largest absolute Gasteiger partial charge is 0.263 e. The molecule has 2 rings (SSSR count). The van der Waals surface area contributed by atoms with E-state index in [9.17, 15) is 12.8 Å². The van der Waals surface area contributed by atoms with E-state index in [4.69, 9.17) is 11.6 Å². The van der Waals surface area contributed by atoms with Gasteiger partial charge < -0.3 is 0 Å². The molecule has 0 bridgehead atoms. The third kappa shape index (κ3) is 3.75. The van der Waals surface area contributed by atoms with Crippen LogP contribution in [0.15, 0.2) is 29.4 Å². The summed E-state index contributed by atoms with van der Waals surface area (Å²) in [7, 11) is -3.88. The first-order valence-corrected chi connectivity index (χ1v) is 7.64. The van der Waals surface area contributed by atoms with Crippen LogP contribution in [0.4, 0.5) is 4.39 Å². The number of halogens is 2. The number of benzene rings is 1. The van der Waals surface area contributed by atoms with Crippen molar-refractivity contribution in [3.8, 4) is 0 Å². The topological polar surface area (TPSA) is 87.7 Å². The highest BCUT2D eigenvalue weighted by atomic mass is 35.5. The first kappa shape index (κ1) is 14.9. The zero-order chi connectivity index (χ0) is 14.6. The first-order valence-electron chi connectivity index (χ1n) is 5.78. The summed E-state index contributed by atoms with van der Waals surface area (Å²) in [5, 5.41) is 6.49. The van der Waals surface area contributed by atoms with Gasteiger partial charge in [-0.05, 0) is 24.6 Å². The van der Waals surface area contributed by atoms with Crippen LogP contribution in [0.3, 0.4) is 0 Å². The maximum atomic E-state index is 13.6. The van der Waals surface area contributed by atoms with Crippen molar-refractivity contribution in [1.29, 1.82) is 0 Å². The van der Waals surface area contributed by atoms with E-state index in [0.717, 1.165) is 12.1 Å². The normalized spacial score (nSPS) is 11.7. The maximum absolute atomic E-state index is 13.6. The second-order valence-electron chi connectivity index (χ2n) is 4.01. The Hall–Kier alpha value is -1.51. The average Bonchev–Trinajstić information content (AvgIpc) is 2.87. The van der Waals surface area contributed by atoms with Crippen LogP contribution in [0.2, 0.25) is 5.02 Å². The molecular weight excluding hydrogens is 307 g/mol. The monoisotopic (exact) mass is 318 g/mol. The van der Waals surface area contributed by atoms with Gasteiger partial charge in [-0.3, -0.25) is 5.10 Å². The molecule has 0 unspecified atom stereocenters. The lowest BCUT2D eigenvalue weighted by Gasteiger charge is -2.07. The average molecular weight is 319 g/mol. The van der Waals surface area contributed by atoms with Crippen molar-refractivity contribution in [2.45, 2.75) is 17.7 Å². The molecule has 1 aromatic carbocycles. The smallest absolute Gasteiger partial charge is 0.243 e. The Morgan fingerprint density at radius 2 is 2.20 bits per heavy atom. The van der Waals surface area contributed by atoms with Gasteiger partial charge in [0, 0.05) is 18.0 Å². The highest BCUT2D eigenvalue weighted by Gasteiger charge is 2.18. The van der Waals surface area contributed by atoms with E-state index in [2.05, 4.69) is 19.9 Å². The fraction of sp³-hybridized carbons (Fsp3) is 0.273. The van der Waals surface area contributed by atoms with Crippen LogP contribution >= 0.6 is 11.6 Å². The standard InChI is InChI=1S/C11H12ClFN4O2S/c12-8-3-4-10(9(13)6-8)20(18,19)16-5-1-2-11-14-7-15-17-11/h3-4,6-7,16H,1-2,5H2,(H,14,15,17). The second kappa shape index (κ2) is 6.29. The molecule has 20 heavy (non-hydrogen) atoms. The fourth-order valence-corrected chi connectivity index (χ4v) is 2.87. The molecule has 2 N–H and O–H groups in total.